The summed E-state index contributed by atoms with van der Waals surface area (Å²) in [6.07, 6.45) is 5.08. The highest BCUT2D eigenvalue weighted by molar-refractivity contribution is 5.79. The third kappa shape index (κ3) is 6.68. The summed E-state index contributed by atoms with van der Waals surface area (Å²) in [4.78, 5) is 6.85. The summed E-state index contributed by atoms with van der Waals surface area (Å²) in [5.41, 5.74) is 0.412. The maximum absolute atomic E-state index is 5.26. The molecule has 5 nitrogen and oxygen atoms in total. The van der Waals surface area contributed by atoms with Crippen LogP contribution < -0.4 is 10.6 Å². The largest absolute Gasteiger partial charge is 0.385 e. The molecule has 0 amide bonds. The summed E-state index contributed by atoms with van der Waals surface area (Å²) in [6.45, 7) is 12.8. The van der Waals surface area contributed by atoms with Crippen LogP contribution in [-0.2, 0) is 4.74 Å². The molecule has 0 unspecified atom stereocenters. The maximum Gasteiger partial charge on any atom is 0.191 e. The van der Waals surface area contributed by atoms with Crippen LogP contribution in [0.1, 0.15) is 53.4 Å². The molecular weight excluding hydrogens is 288 g/mol. The van der Waals surface area contributed by atoms with Crippen LogP contribution >= 0.6 is 0 Å². The molecule has 23 heavy (non-hydrogen) atoms. The van der Waals surface area contributed by atoms with Gasteiger partial charge in [-0.15, -0.1) is 0 Å². The van der Waals surface area contributed by atoms with Gasteiger partial charge in [0.25, 0.3) is 0 Å². The number of rotatable bonds is 10. The number of nitrogens with zero attached hydrogens (tertiary/aromatic N) is 2. The van der Waals surface area contributed by atoms with E-state index in [0.717, 1.165) is 38.6 Å². The first-order valence-corrected chi connectivity index (χ1v) is 9.13. The van der Waals surface area contributed by atoms with E-state index in [9.17, 15) is 0 Å². The fraction of sp³-hybridized carbons (Fsp3) is 0.944. The lowest BCUT2D eigenvalue weighted by Crippen LogP contribution is -2.49. The highest BCUT2D eigenvalue weighted by Gasteiger charge is 2.36. The number of hydrogen-bond acceptors (Lipinski definition) is 3. The fourth-order valence-electron chi connectivity index (χ4n) is 3.42. The molecule has 2 N–H and O–H groups in total. The smallest absolute Gasteiger partial charge is 0.191 e. The topological polar surface area (TPSA) is 48.9 Å². The first-order chi connectivity index (χ1) is 10.9. The van der Waals surface area contributed by atoms with Crippen LogP contribution in [0.3, 0.4) is 0 Å². The number of aliphatic imine (C=N–C) groups is 1. The van der Waals surface area contributed by atoms with E-state index in [4.69, 9.17) is 4.74 Å². The molecule has 0 aromatic heterocycles. The van der Waals surface area contributed by atoms with Gasteiger partial charge in [-0.2, -0.15) is 0 Å². The predicted octanol–water partition coefficient (Wildman–Crippen LogP) is 2.48. The number of hydrogen-bond donors (Lipinski definition) is 2. The molecule has 0 aromatic rings. The van der Waals surface area contributed by atoms with Crippen molar-refractivity contribution in [2.24, 2.45) is 10.4 Å². The van der Waals surface area contributed by atoms with Crippen molar-refractivity contribution < 1.29 is 4.74 Å². The predicted molar refractivity (Wildman–Crippen MR) is 99.1 cm³/mol. The molecule has 0 aromatic carbocycles. The normalized spacial score (nSPS) is 17.7. The summed E-state index contributed by atoms with van der Waals surface area (Å²) in [7, 11) is 3.63. The van der Waals surface area contributed by atoms with E-state index >= 15 is 0 Å². The second-order valence-electron chi connectivity index (χ2n) is 7.37. The van der Waals surface area contributed by atoms with Crippen LogP contribution in [0, 0.1) is 5.41 Å². The average Bonchev–Trinajstić information content (AvgIpc) is 2.46. The molecule has 0 spiro atoms. The van der Waals surface area contributed by atoms with E-state index in [0.29, 0.717) is 17.5 Å². The minimum absolute atomic E-state index is 0.412. The van der Waals surface area contributed by atoms with Crippen molar-refractivity contribution in [1.29, 1.82) is 0 Å². The van der Waals surface area contributed by atoms with E-state index in [1.54, 1.807) is 7.11 Å². The number of guanidine groups is 1. The Kier molecular flexibility index (Phi) is 8.92. The van der Waals surface area contributed by atoms with Crippen LogP contribution in [0.15, 0.2) is 4.99 Å². The molecule has 0 radical (unpaired) electrons. The van der Waals surface area contributed by atoms with Crippen molar-refractivity contribution in [3.8, 4) is 0 Å². The molecule has 1 saturated carbocycles. The van der Waals surface area contributed by atoms with Crippen LogP contribution in [0.4, 0.5) is 0 Å². The fourth-order valence-corrected chi connectivity index (χ4v) is 3.42. The average molecular weight is 327 g/mol. The van der Waals surface area contributed by atoms with Crippen LogP contribution in [0.5, 0.6) is 0 Å². The Morgan fingerprint density at radius 3 is 2.26 bits per heavy atom. The van der Waals surface area contributed by atoms with Gasteiger partial charge in [0.2, 0.25) is 0 Å². The van der Waals surface area contributed by atoms with E-state index in [1.807, 2.05) is 7.05 Å². The second kappa shape index (κ2) is 10.1. The summed E-state index contributed by atoms with van der Waals surface area (Å²) < 4.78 is 5.26. The Labute approximate surface area is 143 Å². The Bertz CT molecular complexity index is 343. The summed E-state index contributed by atoms with van der Waals surface area (Å²) >= 11 is 0. The Hall–Kier alpha value is -0.810. The lowest BCUT2D eigenvalue weighted by atomic mass is 9.67. The van der Waals surface area contributed by atoms with Gasteiger partial charge in [0.1, 0.15) is 0 Å². The summed E-state index contributed by atoms with van der Waals surface area (Å²) in [6, 6.07) is 1.14. The highest BCUT2D eigenvalue weighted by atomic mass is 16.5. The Morgan fingerprint density at radius 1 is 1.17 bits per heavy atom. The van der Waals surface area contributed by atoms with E-state index < -0.39 is 0 Å². The molecule has 136 valence electrons. The van der Waals surface area contributed by atoms with Gasteiger partial charge >= 0.3 is 0 Å². The van der Waals surface area contributed by atoms with Gasteiger partial charge in [-0.25, -0.2) is 0 Å². The zero-order valence-corrected chi connectivity index (χ0v) is 16.1. The standard InChI is InChI=1S/C18H38N4O/c1-15(2)22(16(3)4)12-11-20-17(19-5)21-14-18(8-7-9-18)10-13-23-6/h15-16H,7-14H2,1-6H3,(H2,19,20,21). The van der Waals surface area contributed by atoms with Gasteiger partial charge < -0.3 is 15.4 Å². The van der Waals surface area contributed by atoms with Crippen molar-refractivity contribution in [3.63, 3.8) is 0 Å². The zero-order chi connectivity index (χ0) is 17.3. The number of nitrogens with one attached hydrogen (secondary N) is 2. The van der Waals surface area contributed by atoms with Gasteiger partial charge in [0.15, 0.2) is 5.96 Å². The van der Waals surface area contributed by atoms with Gasteiger partial charge in [-0.05, 0) is 52.4 Å². The van der Waals surface area contributed by atoms with E-state index in [-0.39, 0.29) is 0 Å². The van der Waals surface area contributed by atoms with Gasteiger partial charge in [0.05, 0.1) is 0 Å². The molecule has 0 bridgehead atoms. The molecule has 1 aliphatic rings. The summed E-state index contributed by atoms with van der Waals surface area (Å²) in [5, 5.41) is 6.97. The van der Waals surface area contributed by atoms with Crippen LogP contribution in [0.2, 0.25) is 0 Å². The SMILES string of the molecule is CN=C(NCCN(C(C)C)C(C)C)NCC1(CCOC)CCC1. The van der Waals surface area contributed by atoms with Crippen molar-refractivity contribution in [1.82, 2.24) is 15.5 Å². The van der Waals surface area contributed by atoms with E-state index in [2.05, 4.69) is 48.2 Å². The highest BCUT2D eigenvalue weighted by Crippen LogP contribution is 2.43. The number of ether oxygens (including phenoxy) is 1. The zero-order valence-electron chi connectivity index (χ0n) is 16.1. The van der Waals surface area contributed by atoms with E-state index in [1.165, 1.54) is 19.3 Å². The molecule has 0 atom stereocenters. The molecule has 0 aliphatic heterocycles. The molecule has 1 aliphatic carbocycles. The molecule has 0 heterocycles. The van der Waals surface area contributed by atoms with Crippen LogP contribution in [0.25, 0.3) is 0 Å². The molecule has 0 saturated heterocycles. The van der Waals surface area contributed by atoms with Crippen LogP contribution in [-0.4, -0.2) is 63.3 Å². The van der Waals surface area contributed by atoms with Gasteiger partial charge in [-0.1, -0.05) is 6.42 Å². The summed E-state index contributed by atoms with van der Waals surface area (Å²) in [5.74, 6) is 0.918. The molecule has 1 fully saturated rings. The van der Waals surface area contributed by atoms with Crippen molar-refractivity contribution >= 4 is 5.96 Å². The van der Waals surface area contributed by atoms with Crippen molar-refractivity contribution in [3.05, 3.63) is 0 Å². The number of methoxy groups -OCH3 is 1. The van der Waals surface area contributed by atoms with Gasteiger partial charge in [-0.3, -0.25) is 9.89 Å². The third-order valence-corrected chi connectivity index (χ3v) is 5.09. The first kappa shape index (κ1) is 20.2. The lowest BCUT2D eigenvalue weighted by molar-refractivity contribution is 0.0732. The monoisotopic (exact) mass is 326 g/mol. The minimum Gasteiger partial charge on any atom is -0.385 e. The Balaban J connectivity index is 2.34. The van der Waals surface area contributed by atoms with Crippen molar-refractivity contribution in [2.45, 2.75) is 65.5 Å². The second-order valence-corrected chi connectivity index (χ2v) is 7.37. The minimum atomic E-state index is 0.412. The molecular formula is C18H38N4O. The molecule has 1 rings (SSSR count). The van der Waals surface area contributed by atoms with Gasteiger partial charge in [0, 0.05) is 52.5 Å². The Morgan fingerprint density at radius 2 is 1.83 bits per heavy atom. The quantitative estimate of drug-likeness (QED) is 0.478. The van der Waals surface area contributed by atoms with Crippen molar-refractivity contribution in [2.75, 3.05) is 40.4 Å². The first-order valence-electron chi connectivity index (χ1n) is 9.13. The third-order valence-electron chi connectivity index (χ3n) is 5.09. The maximum atomic E-state index is 5.26. The lowest BCUT2D eigenvalue weighted by Gasteiger charge is -2.42. The molecule has 5 heteroatoms.